The molecule has 2 aliphatic heterocycles. The van der Waals surface area contributed by atoms with Gasteiger partial charge in [-0.15, -0.1) is 0 Å². The number of allylic oxidation sites excluding steroid dienone is 1. The fourth-order valence-corrected chi connectivity index (χ4v) is 6.41. The van der Waals surface area contributed by atoms with Crippen LogP contribution in [0.4, 0.5) is 14.5 Å². The van der Waals surface area contributed by atoms with Gasteiger partial charge < -0.3 is 25.3 Å². The Bertz CT molecular complexity index is 1260. The Hall–Kier alpha value is -3.34. The molecule has 9 nitrogen and oxygen atoms in total. The molecule has 2 amide bonds. The van der Waals surface area contributed by atoms with Gasteiger partial charge in [0.1, 0.15) is 11.6 Å². The number of halogens is 2. The van der Waals surface area contributed by atoms with Gasteiger partial charge in [0.05, 0.1) is 16.9 Å². The van der Waals surface area contributed by atoms with Crippen LogP contribution in [0.1, 0.15) is 81.5 Å². The minimum absolute atomic E-state index is 0.00906. The van der Waals surface area contributed by atoms with Crippen LogP contribution in [-0.2, 0) is 4.79 Å². The number of carbonyl (C=O) groups is 2. The van der Waals surface area contributed by atoms with E-state index in [0.717, 1.165) is 70.3 Å². The van der Waals surface area contributed by atoms with Crippen molar-refractivity contribution in [2.24, 2.45) is 15.4 Å². The summed E-state index contributed by atoms with van der Waals surface area (Å²) in [5, 5.41) is 5.59. The van der Waals surface area contributed by atoms with E-state index in [4.69, 9.17) is 0 Å². The van der Waals surface area contributed by atoms with Crippen LogP contribution in [0.3, 0.4) is 0 Å². The molecule has 3 fully saturated rings. The molecule has 228 valence electrons. The second-order valence-electron chi connectivity index (χ2n) is 12.3. The summed E-state index contributed by atoms with van der Waals surface area (Å²) in [4.78, 5) is 40.3. The van der Waals surface area contributed by atoms with Crippen molar-refractivity contribution >= 4 is 30.2 Å². The molecule has 2 aliphatic carbocycles. The average Bonchev–Trinajstić information content (AvgIpc) is 3.59. The second-order valence-corrected chi connectivity index (χ2v) is 12.3. The normalized spacial score (nSPS) is 21.9. The molecule has 2 saturated carbocycles. The summed E-state index contributed by atoms with van der Waals surface area (Å²) in [6.07, 6.45) is 10.2. The molecule has 1 saturated heterocycles. The van der Waals surface area contributed by atoms with Crippen molar-refractivity contribution in [2.75, 3.05) is 45.1 Å². The maximum Gasteiger partial charge on any atom is 0.254 e. The molecule has 0 bridgehead atoms. The number of benzene rings is 1. The van der Waals surface area contributed by atoms with Gasteiger partial charge in [-0.3, -0.25) is 9.59 Å². The number of nitrogens with one attached hydrogen (secondary N) is 2. The highest BCUT2D eigenvalue weighted by atomic mass is 19.1. The fourth-order valence-electron chi connectivity index (χ4n) is 6.41. The van der Waals surface area contributed by atoms with E-state index in [0.29, 0.717) is 31.0 Å². The zero-order valence-electron chi connectivity index (χ0n) is 24.9. The van der Waals surface area contributed by atoms with Gasteiger partial charge in [0.15, 0.2) is 5.82 Å². The van der Waals surface area contributed by atoms with Crippen LogP contribution in [0.2, 0.25) is 0 Å². The van der Waals surface area contributed by atoms with Crippen molar-refractivity contribution in [1.29, 1.82) is 0 Å². The Kier molecular flexibility index (Phi) is 9.25. The van der Waals surface area contributed by atoms with Crippen molar-refractivity contribution in [2.45, 2.75) is 77.2 Å². The fraction of sp³-hybridized carbons (Fsp3) is 0.613. The number of carbonyl (C=O) groups excluding carboxylic acids is 2. The Morgan fingerprint density at radius 3 is 2.45 bits per heavy atom. The van der Waals surface area contributed by atoms with Crippen LogP contribution >= 0.6 is 0 Å². The summed E-state index contributed by atoms with van der Waals surface area (Å²) in [5.74, 6) is -1.75. The highest BCUT2D eigenvalue weighted by Gasteiger charge is 2.44. The molecular weight excluding hydrogens is 540 g/mol. The van der Waals surface area contributed by atoms with Crippen molar-refractivity contribution in [3.63, 3.8) is 0 Å². The molecule has 5 rings (SSSR count). The summed E-state index contributed by atoms with van der Waals surface area (Å²) in [6, 6.07) is 2.09. The summed E-state index contributed by atoms with van der Waals surface area (Å²) >= 11 is 0. The van der Waals surface area contributed by atoms with Gasteiger partial charge in [0.25, 0.3) is 5.91 Å². The lowest BCUT2D eigenvalue weighted by molar-refractivity contribution is -0.127. The number of hydrogen-bond acceptors (Lipinski definition) is 5. The zero-order chi connectivity index (χ0) is 29.9. The van der Waals surface area contributed by atoms with Gasteiger partial charge in [-0.05, 0) is 71.3 Å². The summed E-state index contributed by atoms with van der Waals surface area (Å²) in [7, 11) is 1.71. The third kappa shape index (κ3) is 6.82. The van der Waals surface area contributed by atoms with Crippen LogP contribution in [-0.4, -0.2) is 85.0 Å². The topological polar surface area (TPSA) is 92.6 Å². The first-order valence-electron chi connectivity index (χ1n) is 15.3. The van der Waals surface area contributed by atoms with E-state index in [2.05, 4.69) is 37.1 Å². The van der Waals surface area contributed by atoms with Crippen LogP contribution in [0.5, 0.6) is 0 Å². The molecule has 2 N–H and O–H groups in total. The van der Waals surface area contributed by atoms with Crippen molar-refractivity contribution in [3.8, 4) is 0 Å². The lowest BCUT2D eigenvalue weighted by Crippen LogP contribution is -2.37. The van der Waals surface area contributed by atoms with Gasteiger partial charge >= 0.3 is 0 Å². The lowest BCUT2D eigenvalue weighted by atomic mass is 9.94. The Balaban J connectivity index is 1.31. The highest BCUT2D eigenvalue weighted by Crippen LogP contribution is 2.46. The van der Waals surface area contributed by atoms with E-state index >= 15 is 8.78 Å². The van der Waals surface area contributed by atoms with Crippen LogP contribution < -0.4 is 10.6 Å². The van der Waals surface area contributed by atoms with E-state index in [1.54, 1.807) is 11.9 Å². The highest BCUT2D eigenvalue weighted by molar-refractivity contribution is 5.99. The Labute approximate surface area is 247 Å². The third-order valence-electron chi connectivity index (χ3n) is 9.30. The molecule has 1 aromatic rings. The van der Waals surface area contributed by atoms with Gasteiger partial charge in [0, 0.05) is 50.6 Å². The molecule has 0 aromatic heterocycles. The molecule has 1 aromatic carbocycles. The third-order valence-corrected chi connectivity index (χ3v) is 9.30. The summed E-state index contributed by atoms with van der Waals surface area (Å²) in [6.45, 7) is 9.46. The van der Waals surface area contributed by atoms with Gasteiger partial charge in [-0.2, -0.15) is 4.99 Å². The molecule has 42 heavy (non-hydrogen) atoms. The van der Waals surface area contributed by atoms with Crippen molar-refractivity contribution in [1.82, 2.24) is 20.0 Å². The van der Waals surface area contributed by atoms with Crippen molar-refractivity contribution in [3.05, 3.63) is 40.8 Å². The smallest absolute Gasteiger partial charge is 0.254 e. The zero-order valence-corrected chi connectivity index (χ0v) is 24.9. The van der Waals surface area contributed by atoms with E-state index in [9.17, 15) is 9.59 Å². The number of hydrogen-bond donors (Lipinski definition) is 2. The van der Waals surface area contributed by atoms with E-state index < -0.39 is 17.5 Å². The largest absolute Gasteiger partial charge is 0.352 e. The van der Waals surface area contributed by atoms with E-state index in [-0.39, 0.29) is 34.6 Å². The molecule has 0 atom stereocenters. The molecule has 0 radical (unpaired) electrons. The predicted molar refractivity (Wildman–Crippen MR) is 160 cm³/mol. The second kappa shape index (κ2) is 12.9. The monoisotopic (exact) mass is 583 g/mol. The first kappa shape index (κ1) is 30.1. The van der Waals surface area contributed by atoms with Gasteiger partial charge in [-0.25, -0.2) is 13.8 Å². The molecule has 11 heteroatoms. The van der Waals surface area contributed by atoms with Crippen LogP contribution in [0, 0.1) is 17.0 Å². The molecule has 0 unspecified atom stereocenters. The minimum atomic E-state index is -0.844. The maximum absolute atomic E-state index is 15.2. The first-order valence-corrected chi connectivity index (χ1v) is 15.3. The molecule has 2 heterocycles. The molecule has 4 aliphatic rings. The SMILES string of the molecule is C=N/C(=N\C1=C(C)N(C)C(=O)CCN1C1CCCCC1)Nc1cc(F)c(C(=O)NCC2(CN3CCCC3)CC2)cc1F. The standard InChI is InChI=1S/C31H43F2N7O2/c1-21-28(40(16-11-27(41)38(21)3)22-9-5-4-6-10-22)37-30(34-2)36-26-18-24(32)23(17-25(26)33)29(42)35-19-31(12-13-31)20-39-14-7-8-15-39/h17-18,22H,2,4-16,19-20H2,1,3H3,(H,35,42)(H,36,37). The van der Waals surface area contributed by atoms with E-state index in [1.807, 2.05) is 6.92 Å². The van der Waals surface area contributed by atoms with Crippen LogP contribution in [0.25, 0.3) is 0 Å². The van der Waals surface area contributed by atoms with E-state index in [1.165, 1.54) is 19.3 Å². The number of nitrogens with zero attached hydrogens (tertiary/aromatic N) is 5. The number of anilines is 1. The maximum atomic E-state index is 15.2. The first-order chi connectivity index (χ1) is 20.2. The number of amides is 2. The predicted octanol–water partition coefficient (Wildman–Crippen LogP) is 4.72. The number of likely N-dealkylation sites (tertiary alicyclic amines) is 1. The average molecular weight is 584 g/mol. The number of guanidine groups is 1. The molecule has 0 spiro atoms. The number of aliphatic imine (C=N–C) groups is 2. The van der Waals surface area contributed by atoms with Crippen molar-refractivity contribution < 1.29 is 18.4 Å². The molecular formula is C31H43F2N7O2. The lowest BCUT2D eigenvalue weighted by Gasteiger charge is -2.35. The quantitative estimate of drug-likeness (QED) is 0.341. The Morgan fingerprint density at radius 2 is 1.79 bits per heavy atom. The summed E-state index contributed by atoms with van der Waals surface area (Å²) < 4.78 is 30.4. The van der Waals surface area contributed by atoms with Gasteiger partial charge in [-0.1, -0.05) is 19.3 Å². The van der Waals surface area contributed by atoms with Gasteiger partial charge in [0.2, 0.25) is 11.9 Å². The Morgan fingerprint density at radius 1 is 1.07 bits per heavy atom. The number of rotatable bonds is 8. The summed E-state index contributed by atoms with van der Waals surface area (Å²) in [5.41, 5.74) is 0.143. The minimum Gasteiger partial charge on any atom is -0.352 e. The van der Waals surface area contributed by atoms with Crippen LogP contribution in [0.15, 0.2) is 33.6 Å².